The molecule has 0 aromatic heterocycles. The summed E-state index contributed by atoms with van der Waals surface area (Å²) in [6.45, 7) is 11.1. The van der Waals surface area contributed by atoms with Crippen LogP contribution in [-0.2, 0) is 6.42 Å². The van der Waals surface area contributed by atoms with E-state index in [1.807, 2.05) is 0 Å². The van der Waals surface area contributed by atoms with E-state index in [2.05, 4.69) is 95.3 Å². The van der Waals surface area contributed by atoms with Gasteiger partial charge in [0.15, 0.2) is 0 Å². The SMILES string of the molecule is CCc1ccccc1P(c1ccc(C)cc1C)c1ccc(C)cc1C. The van der Waals surface area contributed by atoms with Crippen molar-refractivity contribution in [3.05, 3.63) is 88.5 Å². The van der Waals surface area contributed by atoms with Crippen LogP contribution in [0.2, 0.25) is 0 Å². The lowest BCUT2D eigenvalue weighted by Crippen LogP contribution is -2.26. The summed E-state index contributed by atoms with van der Waals surface area (Å²) in [4.78, 5) is 0. The zero-order valence-electron chi connectivity index (χ0n) is 15.9. The Balaban J connectivity index is 2.28. The number of hydrogen-bond acceptors (Lipinski definition) is 0. The third kappa shape index (κ3) is 3.70. The monoisotopic (exact) mass is 346 g/mol. The molecule has 0 saturated carbocycles. The maximum absolute atomic E-state index is 2.35. The molecule has 0 aliphatic heterocycles. The lowest BCUT2D eigenvalue weighted by Gasteiger charge is -2.25. The first-order valence-electron chi connectivity index (χ1n) is 9.03. The summed E-state index contributed by atoms with van der Waals surface area (Å²) in [6, 6.07) is 22.8. The Labute approximate surface area is 153 Å². The van der Waals surface area contributed by atoms with Crippen molar-refractivity contribution in [3.63, 3.8) is 0 Å². The van der Waals surface area contributed by atoms with Crippen molar-refractivity contribution in [1.82, 2.24) is 0 Å². The molecular formula is C24H27P. The lowest BCUT2D eigenvalue weighted by atomic mass is 10.1. The maximum Gasteiger partial charge on any atom is -0.0119 e. The van der Waals surface area contributed by atoms with Gasteiger partial charge in [0.2, 0.25) is 0 Å². The molecule has 0 heterocycles. The fourth-order valence-corrected chi connectivity index (χ4v) is 6.35. The Kier molecular flexibility index (Phi) is 5.40. The summed E-state index contributed by atoms with van der Waals surface area (Å²) in [6.07, 6.45) is 1.07. The molecular weight excluding hydrogens is 319 g/mol. The second-order valence-corrected chi connectivity index (χ2v) is 9.01. The van der Waals surface area contributed by atoms with Crippen LogP contribution in [0.25, 0.3) is 0 Å². The second-order valence-electron chi connectivity index (χ2n) is 6.90. The van der Waals surface area contributed by atoms with E-state index in [4.69, 9.17) is 0 Å². The fourth-order valence-electron chi connectivity index (χ4n) is 3.53. The highest BCUT2D eigenvalue weighted by Crippen LogP contribution is 2.37. The summed E-state index contributed by atoms with van der Waals surface area (Å²) < 4.78 is 0. The van der Waals surface area contributed by atoms with E-state index in [0.717, 1.165) is 6.42 Å². The van der Waals surface area contributed by atoms with Crippen LogP contribution in [0.1, 0.15) is 34.7 Å². The quantitative estimate of drug-likeness (QED) is 0.567. The minimum absolute atomic E-state index is 0.539. The molecule has 0 nitrogen and oxygen atoms in total. The highest BCUT2D eigenvalue weighted by molar-refractivity contribution is 7.80. The average Bonchev–Trinajstić information content (AvgIpc) is 2.59. The van der Waals surface area contributed by atoms with E-state index < -0.39 is 7.92 Å². The first-order valence-corrected chi connectivity index (χ1v) is 10.4. The molecule has 3 aromatic rings. The van der Waals surface area contributed by atoms with Gasteiger partial charge in [-0.05, 0) is 74.6 Å². The smallest absolute Gasteiger partial charge is 0.0119 e. The summed E-state index contributed by atoms with van der Waals surface area (Å²) in [5.41, 5.74) is 6.93. The molecule has 0 aliphatic carbocycles. The Bertz CT molecular complexity index is 841. The van der Waals surface area contributed by atoms with E-state index in [0.29, 0.717) is 0 Å². The molecule has 0 atom stereocenters. The van der Waals surface area contributed by atoms with Gasteiger partial charge in [-0.3, -0.25) is 0 Å². The summed E-state index contributed by atoms with van der Waals surface area (Å²) >= 11 is 0. The van der Waals surface area contributed by atoms with Crippen molar-refractivity contribution < 1.29 is 0 Å². The third-order valence-electron chi connectivity index (χ3n) is 4.80. The first kappa shape index (κ1) is 17.9. The highest BCUT2D eigenvalue weighted by Gasteiger charge is 2.22. The molecule has 0 saturated heterocycles. The number of rotatable bonds is 4. The van der Waals surface area contributed by atoms with Crippen molar-refractivity contribution in [1.29, 1.82) is 0 Å². The normalized spacial score (nSPS) is 11.1. The molecule has 1 heteroatoms. The van der Waals surface area contributed by atoms with Crippen LogP contribution < -0.4 is 15.9 Å². The molecule has 0 N–H and O–H groups in total. The van der Waals surface area contributed by atoms with Crippen molar-refractivity contribution in [2.45, 2.75) is 41.0 Å². The largest absolute Gasteiger partial charge is 0.0619 e. The predicted octanol–water partition coefficient (Wildman–Crippen LogP) is 5.24. The van der Waals surface area contributed by atoms with Crippen LogP contribution in [0.15, 0.2) is 60.7 Å². The molecule has 0 unspecified atom stereocenters. The molecule has 3 aromatic carbocycles. The Morgan fingerprint density at radius 1 is 0.640 bits per heavy atom. The van der Waals surface area contributed by atoms with Gasteiger partial charge in [-0.2, -0.15) is 0 Å². The number of benzene rings is 3. The second kappa shape index (κ2) is 7.54. The minimum Gasteiger partial charge on any atom is -0.0619 e. The van der Waals surface area contributed by atoms with E-state index >= 15 is 0 Å². The van der Waals surface area contributed by atoms with Gasteiger partial charge in [-0.25, -0.2) is 0 Å². The summed E-state index contributed by atoms with van der Waals surface area (Å²) in [7, 11) is -0.539. The standard InChI is InChI=1S/C24H27P/c1-6-21-9-7-8-10-24(21)25(22-13-11-17(2)15-19(22)4)23-14-12-18(3)16-20(23)5/h7-16H,6H2,1-5H3. The summed E-state index contributed by atoms with van der Waals surface area (Å²) in [5, 5.41) is 4.46. The Morgan fingerprint density at radius 2 is 1.16 bits per heavy atom. The fraction of sp³-hybridized carbons (Fsp3) is 0.250. The van der Waals surface area contributed by atoms with Gasteiger partial charge < -0.3 is 0 Å². The number of aryl methyl sites for hydroxylation is 5. The van der Waals surface area contributed by atoms with Crippen molar-refractivity contribution >= 4 is 23.8 Å². The van der Waals surface area contributed by atoms with E-state index in [9.17, 15) is 0 Å². The van der Waals surface area contributed by atoms with Crippen molar-refractivity contribution in [3.8, 4) is 0 Å². The number of hydrogen-bond donors (Lipinski definition) is 0. The molecule has 0 amide bonds. The molecule has 0 bridgehead atoms. The molecule has 0 radical (unpaired) electrons. The van der Waals surface area contributed by atoms with E-state index in [1.54, 1.807) is 0 Å². The van der Waals surface area contributed by atoms with Gasteiger partial charge in [0, 0.05) is 0 Å². The lowest BCUT2D eigenvalue weighted by molar-refractivity contribution is 1.15. The topological polar surface area (TPSA) is 0 Å². The molecule has 0 fully saturated rings. The van der Waals surface area contributed by atoms with Gasteiger partial charge >= 0.3 is 0 Å². The van der Waals surface area contributed by atoms with Crippen LogP contribution in [0.5, 0.6) is 0 Å². The van der Waals surface area contributed by atoms with E-state index in [-0.39, 0.29) is 0 Å². The Hall–Kier alpha value is -1.91. The van der Waals surface area contributed by atoms with Crippen LogP contribution in [0.4, 0.5) is 0 Å². The van der Waals surface area contributed by atoms with Crippen LogP contribution in [-0.4, -0.2) is 0 Å². The minimum atomic E-state index is -0.539. The molecule has 128 valence electrons. The van der Waals surface area contributed by atoms with Gasteiger partial charge in [-0.15, -0.1) is 0 Å². The molecule has 0 spiro atoms. The summed E-state index contributed by atoms with van der Waals surface area (Å²) in [5.74, 6) is 0. The average molecular weight is 346 g/mol. The maximum atomic E-state index is 2.35. The zero-order valence-corrected chi connectivity index (χ0v) is 16.8. The molecule has 3 rings (SSSR count). The Morgan fingerprint density at radius 3 is 1.64 bits per heavy atom. The first-order chi connectivity index (χ1) is 12.0. The van der Waals surface area contributed by atoms with Gasteiger partial charge in [0.25, 0.3) is 0 Å². The van der Waals surface area contributed by atoms with Gasteiger partial charge in [-0.1, -0.05) is 78.7 Å². The molecule has 0 aliphatic rings. The van der Waals surface area contributed by atoms with Gasteiger partial charge in [0.1, 0.15) is 0 Å². The van der Waals surface area contributed by atoms with Crippen molar-refractivity contribution in [2.75, 3.05) is 0 Å². The van der Waals surface area contributed by atoms with Crippen molar-refractivity contribution in [2.24, 2.45) is 0 Å². The highest BCUT2D eigenvalue weighted by atomic mass is 31.1. The third-order valence-corrected chi connectivity index (χ3v) is 7.69. The van der Waals surface area contributed by atoms with Crippen LogP contribution >= 0.6 is 7.92 Å². The van der Waals surface area contributed by atoms with Crippen LogP contribution in [0, 0.1) is 27.7 Å². The van der Waals surface area contributed by atoms with Gasteiger partial charge in [0.05, 0.1) is 0 Å². The van der Waals surface area contributed by atoms with Crippen LogP contribution in [0.3, 0.4) is 0 Å². The predicted molar refractivity (Wildman–Crippen MR) is 113 cm³/mol. The zero-order chi connectivity index (χ0) is 18.0. The molecule has 25 heavy (non-hydrogen) atoms. The van der Waals surface area contributed by atoms with E-state index in [1.165, 1.54) is 43.7 Å².